The van der Waals surface area contributed by atoms with E-state index in [-0.39, 0.29) is 5.91 Å². The van der Waals surface area contributed by atoms with Crippen molar-refractivity contribution in [2.75, 3.05) is 44.2 Å². The number of aromatic nitrogens is 2. The summed E-state index contributed by atoms with van der Waals surface area (Å²) in [5, 5.41) is 0. The van der Waals surface area contributed by atoms with Crippen molar-refractivity contribution in [1.82, 2.24) is 19.4 Å². The summed E-state index contributed by atoms with van der Waals surface area (Å²) in [4.78, 5) is 23.9. The molecular weight excluding hydrogens is 326 g/mol. The molecule has 26 heavy (non-hydrogen) atoms. The molecule has 4 rings (SSSR count). The van der Waals surface area contributed by atoms with Crippen molar-refractivity contribution in [2.45, 2.75) is 18.9 Å². The van der Waals surface area contributed by atoms with Crippen LogP contribution in [0.3, 0.4) is 0 Å². The topological polar surface area (TPSA) is 44.6 Å². The highest BCUT2D eigenvalue weighted by molar-refractivity contribution is 5.78. The Morgan fingerprint density at radius 1 is 1.12 bits per heavy atom. The van der Waals surface area contributed by atoms with Gasteiger partial charge in [0.05, 0.1) is 12.6 Å². The van der Waals surface area contributed by atoms with Gasteiger partial charge in [0.1, 0.15) is 5.82 Å². The van der Waals surface area contributed by atoms with Gasteiger partial charge >= 0.3 is 0 Å². The molecule has 2 aliphatic rings. The van der Waals surface area contributed by atoms with E-state index in [0.717, 1.165) is 51.4 Å². The van der Waals surface area contributed by atoms with Crippen LogP contribution in [0.1, 0.15) is 24.6 Å². The third kappa shape index (κ3) is 3.46. The lowest BCUT2D eigenvalue weighted by molar-refractivity contribution is -0.133. The first kappa shape index (κ1) is 17.1. The number of piperazine rings is 1. The summed E-state index contributed by atoms with van der Waals surface area (Å²) in [6.07, 6.45) is 6.21. The van der Waals surface area contributed by atoms with E-state index in [4.69, 9.17) is 0 Å². The normalized spacial score (nSPS) is 21.3. The van der Waals surface area contributed by atoms with Crippen LogP contribution < -0.4 is 4.90 Å². The number of rotatable bonds is 4. The first-order chi connectivity index (χ1) is 12.7. The highest BCUT2D eigenvalue weighted by Gasteiger charge is 2.31. The number of likely N-dealkylation sites (tertiary alicyclic amines) is 1. The highest BCUT2D eigenvalue weighted by Crippen LogP contribution is 2.31. The molecule has 0 aliphatic carbocycles. The molecule has 6 heteroatoms. The van der Waals surface area contributed by atoms with Crippen molar-refractivity contribution in [3.05, 3.63) is 48.4 Å². The summed E-state index contributed by atoms with van der Waals surface area (Å²) in [5.74, 6) is 1.26. The van der Waals surface area contributed by atoms with Gasteiger partial charge in [-0.05, 0) is 43.7 Å². The zero-order valence-electron chi connectivity index (χ0n) is 15.4. The minimum atomic E-state index is 0.256. The number of aryl methyl sites for hydroxylation is 1. The second kappa shape index (κ2) is 7.50. The molecule has 138 valence electrons. The fourth-order valence-corrected chi connectivity index (χ4v) is 4.17. The van der Waals surface area contributed by atoms with Gasteiger partial charge in [0, 0.05) is 51.3 Å². The van der Waals surface area contributed by atoms with Crippen molar-refractivity contribution in [3.8, 4) is 0 Å². The summed E-state index contributed by atoms with van der Waals surface area (Å²) in [5.41, 5.74) is 1.32. The molecule has 0 saturated carbocycles. The second-order valence-electron chi connectivity index (χ2n) is 7.23. The van der Waals surface area contributed by atoms with Crippen LogP contribution in [-0.4, -0.2) is 64.5 Å². The summed E-state index contributed by atoms with van der Waals surface area (Å²) in [6, 6.07) is 10.6. The first-order valence-corrected chi connectivity index (χ1v) is 9.51. The van der Waals surface area contributed by atoms with Crippen LogP contribution in [0.25, 0.3) is 0 Å². The van der Waals surface area contributed by atoms with Gasteiger partial charge in [-0.2, -0.15) is 0 Å². The maximum Gasteiger partial charge on any atom is 0.236 e. The van der Waals surface area contributed by atoms with E-state index < -0.39 is 0 Å². The number of carbonyl (C=O) groups excluding carboxylic acids is 1. The van der Waals surface area contributed by atoms with Gasteiger partial charge in [0.2, 0.25) is 5.91 Å². The molecule has 2 fully saturated rings. The lowest BCUT2D eigenvalue weighted by Gasteiger charge is -2.36. The molecular formula is C20H27N5O. The van der Waals surface area contributed by atoms with Crippen LogP contribution in [-0.2, 0) is 11.8 Å². The van der Waals surface area contributed by atoms with E-state index in [2.05, 4.69) is 44.7 Å². The van der Waals surface area contributed by atoms with Crippen molar-refractivity contribution in [1.29, 1.82) is 0 Å². The molecule has 0 N–H and O–H groups in total. The largest absolute Gasteiger partial charge is 0.353 e. The zero-order chi connectivity index (χ0) is 17.9. The quantitative estimate of drug-likeness (QED) is 0.842. The predicted molar refractivity (Wildman–Crippen MR) is 102 cm³/mol. The predicted octanol–water partition coefficient (Wildman–Crippen LogP) is 1.91. The average molecular weight is 353 g/mol. The van der Waals surface area contributed by atoms with Crippen molar-refractivity contribution in [2.24, 2.45) is 7.05 Å². The number of carbonyl (C=O) groups is 1. The van der Waals surface area contributed by atoms with E-state index in [1.807, 2.05) is 29.3 Å². The van der Waals surface area contributed by atoms with Crippen LogP contribution in [0.2, 0.25) is 0 Å². The molecule has 0 aromatic carbocycles. The van der Waals surface area contributed by atoms with Crippen LogP contribution in [0.15, 0.2) is 42.7 Å². The highest BCUT2D eigenvalue weighted by atomic mass is 16.2. The van der Waals surface area contributed by atoms with Gasteiger partial charge in [0.25, 0.3) is 0 Å². The molecule has 0 bridgehead atoms. The summed E-state index contributed by atoms with van der Waals surface area (Å²) in [6.45, 7) is 4.79. The molecule has 1 unspecified atom stereocenters. The van der Waals surface area contributed by atoms with Gasteiger partial charge < -0.3 is 14.4 Å². The molecule has 4 heterocycles. The lowest BCUT2D eigenvalue weighted by atomic mass is 10.1. The molecule has 2 aliphatic heterocycles. The Bertz CT molecular complexity index is 736. The van der Waals surface area contributed by atoms with E-state index in [9.17, 15) is 4.79 Å². The van der Waals surface area contributed by atoms with Crippen molar-refractivity contribution in [3.63, 3.8) is 0 Å². The minimum absolute atomic E-state index is 0.256. The van der Waals surface area contributed by atoms with Gasteiger partial charge in [-0.15, -0.1) is 0 Å². The Balaban J connectivity index is 1.33. The molecule has 6 nitrogen and oxygen atoms in total. The summed E-state index contributed by atoms with van der Waals surface area (Å²) >= 11 is 0. The number of hydrogen-bond donors (Lipinski definition) is 0. The van der Waals surface area contributed by atoms with Crippen LogP contribution >= 0.6 is 0 Å². The van der Waals surface area contributed by atoms with Crippen molar-refractivity contribution < 1.29 is 4.79 Å². The maximum absolute atomic E-state index is 12.8. The SMILES string of the molecule is Cn1cccc1C1CCCN1CC(=O)N1CCN(c2ccccn2)CC1. The molecule has 1 atom stereocenters. The summed E-state index contributed by atoms with van der Waals surface area (Å²) in [7, 11) is 2.09. The standard InChI is InChI=1S/C20H27N5O/c1-22-10-4-6-17(22)18-7-5-11-25(18)16-20(26)24-14-12-23(13-15-24)19-8-2-3-9-21-19/h2-4,6,8-10,18H,5,7,11-16H2,1H3. The van der Waals surface area contributed by atoms with Gasteiger partial charge in [-0.3, -0.25) is 9.69 Å². The molecule has 1 amide bonds. The monoisotopic (exact) mass is 353 g/mol. The molecule has 2 saturated heterocycles. The van der Waals surface area contributed by atoms with E-state index >= 15 is 0 Å². The molecule has 0 radical (unpaired) electrons. The smallest absolute Gasteiger partial charge is 0.236 e. The van der Waals surface area contributed by atoms with Crippen LogP contribution in [0.5, 0.6) is 0 Å². The second-order valence-corrected chi connectivity index (χ2v) is 7.23. The Morgan fingerprint density at radius 3 is 2.65 bits per heavy atom. The van der Waals surface area contributed by atoms with E-state index in [0.29, 0.717) is 12.6 Å². The number of anilines is 1. The fourth-order valence-electron chi connectivity index (χ4n) is 4.17. The third-order valence-electron chi connectivity index (χ3n) is 5.63. The number of hydrogen-bond acceptors (Lipinski definition) is 4. The Kier molecular flexibility index (Phi) is 4.93. The Morgan fingerprint density at radius 2 is 1.96 bits per heavy atom. The number of pyridine rings is 1. The van der Waals surface area contributed by atoms with Crippen LogP contribution in [0.4, 0.5) is 5.82 Å². The molecule has 2 aromatic rings. The third-order valence-corrected chi connectivity index (χ3v) is 5.63. The van der Waals surface area contributed by atoms with Gasteiger partial charge in [-0.25, -0.2) is 4.98 Å². The lowest BCUT2D eigenvalue weighted by Crippen LogP contribution is -2.51. The fraction of sp³-hybridized carbons (Fsp3) is 0.500. The number of amides is 1. The zero-order valence-corrected chi connectivity index (χ0v) is 15.4. The maximum atomic E-state index is 12.8. The Hall–Kier alpha value is -2.34. The van der Waals surface area contributed by atoms with Crippen LogP contribution in [0, 0.1) is 0 Å². The number of nitrogens with zero attached hydrogens (tertiary/aromatic N) is 5. The van der Waals surface area contributed by atoms with Gasteiger partial charge in [0.15, 0.2) is 0 Å². The first-order valence-electron chi connectivity index (χ1n) is 9.51. The Labute approximate surface area is 155 Å². The van der Waals surface area contributed by atoms with E-state index in [1.165, 1.54) is 5.69 Å². The average Bonchev–Trinajstić information content (AvgIpc) is 3.31. The molecule has 0 spiro atoms. The van der Waals surface area contributed by atoms with Gasteiger partial charge in [-0.1, -0.05) is 6.07 Å². The van der Waals surface area contributed by atoms with E-state index in [1.54, 1.807) is 0 Å². The van der Waals surface area contributed by atoms with Crippen molar-refractivity contribution >= 4 is 11.7 Å². The molecule has 2 aromatic heterocycles. The minimum Gasteiger partial charge on any atom is -0.353 e. The summed E-state index contributed by atoms with van der Waals surface area (Å²) < 4.78 is 2.18.